The molecule has 0 atom stereocenters. The van der Waals surface area contributed by atoms with Crippen molar-refractivity contribution in [2.45, 2.75) is 13.0 Å². The van der Waals surface area contributed by atoms with Gasteiger partial charge in [-0.3, -0.25) is 14.9 Å². The predicted molar refractivity (Wildman–Crippen MR) is 115 cm³/mol. The third kappa shape index (κ3) is 7.71. The standard InChI is InChI=1S/C22H31N5O2/c1-23-22(25-10-8-20-6-2-3-9-24-20)26-18-19-5-4-7-21(17-19)29-16-13-27-11-14-28-15-12-27/h2-7,9,17H,8,10-16,18H2,1H3,(H2,23,25,26). The minimum absolute atomic E-state index is 0.684. The summed E-state index contributed by atoms with van der Waals surface area (Å²) in [5.41, 5.74) is 2.22. The van der Waals surface area contributed by atoms with Gasteiger partial charge in [0.1, 0.15) is 12.4 Å². The lowest BCUT2D eigenvalue weighted by atomic mass is 10.2. The minimum Gasteiger partial charge on any atom is -0.492 e. The third-order valence-corrected chi connectivity index (χ3v) is 4.76. The van der Waals surface area contributed by atoms with Crippen LogP contribution in [0.5, 0.6) is 5.75 Å². The van der Waals surface area contributed by atoms with Crippen LogP contribution in [0.4, 0.5) is 0 Å². The number of rotatable bonds is 9. The summed E-state index contributed by atoms with van der Waals surface area (Å²) in [6.07, 6.45) is 2.67. The fraction of sp³-hybridized carbons (Fsp3) is 0.455. The van der Waals surface area contributed by atoms with Crippen LogP contribution in [0.1, 0.15) is 11.3 Å². The number of morpholine rings is 1. The van der Waals surface area contributed by atoms with E-state index in [2.05, 4.69) is 37.6 Å². The van der Waals surface area contributed by atoms with Crippen LogP contribution in [0.3, 0.4) is 0 Å². The molecule has 29 heavy (non-hydrogen) atoms. The van der Waals surface area contributed by atoms with Crippen LogP contribution >= 0.6 is 0 Å². The molecule has 0 saturated carbocycles. The molecule has 1 aromatic carbocycles. The Morgan fingerprint density at radius 3 is 2.86 bits per heavy atom. The van der Waals surface area contributed by atoms with Crippen molar-refractivity contribution < 1.29 is 9.47 Å². The first-order valence-electron chi connectivity index (χ1n) is 10.2. The molecule has 0 bridgehead atoms. The van der Waals surface area contributed by atoms with Gasteiger partial charge in [-0.05, 0) is 29.8 Å². The van der Waals surface area contributed by atoms with Crippen LogP contribution in [0.25, 0.3) is 0 Å². The van der Waals surface area contributed by atoms with Gasteiger partial charge >= 0.3 is 0 Å². The molecule has 156 valence electrons. The maximum absolute atomic E-state index is 5.93. The molecule has 1 aliphatic heterocycles. The minimum atomic E-state index is 0.684. The Balaban J connectivity index is 1.38. The van der Waals surface area contributed by atoms with Crippen LogP contribution in [0.2, 0.25) is 0 Å². The first-order valence-corrected chi connectivity index (χ1v) is 10.2. The molecule has 0 radical (unpaired) electrons. The Morgan fingerprint density at radius 2 is 2.07 bits per heavy atom. The van der Waals surface area contributed by atoms with Crippen molar-refractivity contribution in [3.63, 3.8) is 0 Å². The number of aromatic nitrogens is 1. The van der Waals surface area contributed by atoms with Crippen LogP contribution in [-0.2, 0) is 17.7 Å². The fourth-order valence-electron chi connectivity index (χ4n) is 3.12. The van der Waals surface area contributed by atoms with Gasteiger partial charge in [0.15, 0.2) is 5.96 Å². The van der Waals surface area contributed by atoms with Gasteiger partial charge in [0, 0.05) is 58.1 Å². The van der Waals surface area contributed by atoms with Crippen LogP contribution < -0.4 is 15.4 Å². The fourth-order valence-corrected chi connectivity index (χ4v) is 3.12. The molecule has 2 N–H and O–H groups in total. The van der Waals surface area contributed by atoms with Crippen molar-refractivity contribution in [2.75, 3.05) is 53.0 Å². The van der Waals surface area contributed by atoms with E-state index in [9.17, 15) is 0 Å². The zero-order valence-corrected chi connectivity index (χ0v) is 17.1. The molecule has 0 unspecified atom stereocenters. The Labute approximate surface area is 173 Å². The van der Waals surface area contributed by atoms with Crippen molar-refractivity contribution in [1.29, 1.82) is 0 Å². The summed E-state index contributed by atoms with van der Waals surface area (Å²) in [6, 6.07) is 14.2. The van der Waals surface area contributed by atoms with Gasteiger partial charge in [-0.2, -0.15) is 0 Å². The van der Waals surface area contributed by atoms with Gasteiger partial charge in [0.05, 0.1) is 13.2 Å². The van der Waals surface area contributed by atoms with E-state index in [1.807, 2.05) is 36.5 Å². The van der Waals surface area contributed by atoms with E-state index >= 15 is 0 Å². The first kappa shape index (κ1) is 21.1. The van der Waals surface area contributed by atoms with E-state index < -0.39 is 0 Å². The molecular weight excluding hydrogens is 366 g/mol. The number of ether oxygens (including phenoxy) is 2. The number of aliphatic imine (C=N–C) groups is 1. The molecule has 0 amide bonds. The molecule has 1 fully saturated rings. The van der Waals surface area contributed by atoms with Crippen molar-refractivity contribution in [2.24, 2.45) is 4.99 Å². The van der Waals surface area contributed by atoms with Crippen LogP contribution in [0.15, 0.2) is 53.7 Å². The molecule has 1 aliphatic rings. The molecule has 1 saturated heterocycles. The van der Waals surface area contributed by atoms with Crippen molar-refractivity contribution in [3.8, 4) is 5.75 Å². The van der Waals surface area contributed by atoms with Crippen molar-refractivity contribution in [3.05, 3.63) is 59.9 Å². The molecule has 1 aromatic heterocycles. The number of nitrogens with zero attached hydrogens (tertiary/aromatic N) is 3. The monoisotopic (exact) mass is 397 g/mol. The van der Waals surface area contributed by atoms with E-state index in [1.165, 1.54) is 0 Å². The number of hydrogen-bond acceptors (Lipinski definition) is 5. The number of hydrogen-bond donors (Lipinski definition) is 2. The zero-order valence-electron chi connectivity index (χ0n) is 17.1. The number of benzene rings is 1. The SMILES string of the molecule is CN=C(NCCc1ccccn1)NCc1cccc(OCCN2CCOCC2)c1. The maximum Gasteiger partial charge on any atom is 0.191 e. The maximum atomic E-state index is 5.93. The zero-order chi connectivity index (χ0) is 20.2. The van der Waals surface area contributed by atoms with E-state index in [-0.39, 0.29) is 0 Å². The lowest BCUT2D eigenvalue weighted by Crippen LogP contribution is -2.38. The van der Waals surface area contributed by atoms with E-state index in [0.29, 0.717) is 13.2 Å². The van der Waals surface area contributed by atoms with E-state index in [4.69, 9.17) is 9.47 Å². The molecule has 0 aliphatic carbocycles. The Morgan fingerprint density at radius 1 is 1.17 bits per heavy atom. The van der Waals surface area contributed by atoms with Gasteiger partial charge in [0.25, 0.3) is 0 Å². The topological polar surface area (TPSA) is 71.0 Å². The summed E-state index contributed by atoms with van der Waals surface area (Å²) in [5, 5.41) is 6.67. The smallest absolute Gasteiger partial charge is 0.191 e. The first-order chi connectivity index (χ1) is 14.3. The molecule has 2 aromatic rings. The average molecular weight is 398 g/mol. The van der Waals surface area contributed by atoms with Gasteiger partial charge < -0.3 is 20.1 Å². The van der Waals surface area contributed by atoms with Crippen molar-refractivity contribution in [1.82, 2.24) is 20.5 Å². The summed E-state index contributed by atoms with van der Waals surface area (Å²) in [4.78, 5) is 11.0. The summed E-state index contributed by atoms with van der Waals surface area (Å²) >= 11 is 0. The highest BCUT2D eigenvalue weighted by Gasteiger charge is 2.09. The van der Waals surface area contributed by atoms with Crippen molar-refractivity contribution >= 4 is 5.96 Å². The number of guanidine groups is 1. The third-order valence-electron chi connectivity index (χ3n) is 4.76. The number of nitrogens with one attached hydrogen (secondary N) is 2. The van der Waals surface area contributed by atoms with Gasteiger partial charge in [-0.15, -0.1) is 0 Å². The highest BCUT2D eigenvalue weighted by atomic mass is 16.5. The highest BCUT2D eigenvalue weighted by Crippen LogP contribution is 2.13. The van der Waals surface area contributed by atoms with Gasteiger partial charge in [-0.25, -0.2) is 0 Å². The Kier molecular flexibility index (Phi) is 8.75. The quantitative estimate of drug-likeness (QED) is 0.496. The predicted octanol–water partition coefficient (Wildman–Crippen LogP) is 1.70. The Hall–Kier alpha value is -2.64. The summed E-state index contributed by atoms with van der Waals surface area (Å²) < 4.78 is 11.3. The highest BCUT2D eigenvalue weighted by molar-refractivity contribution is 5.79. The second kappa shape index (κ2) is 12.0. The summed E-state index contributed by atoms with van der Waals surface area (Å²) in [5.74, 6) is 1.68. The largest absolute Gasteiger partial charge is 0.492 e. The number of pyridine rings is 1. The normalized spacial score (nSPS) is 15.1. The van der Waals surface area contributed by atoms with Gasteiger partial charge in [-0.1, -0.05) is 18.2 Å². The van der Waals surface area contributed by atoms with E-state index in [0.717, 1.165) is 68.8 Å². The van der Waals surface area contributed by atoms with Crippen LogP contribution in [0, 0.1) is 0 Å². The second-order valence-corrected chi connectivity index (χ2v) is 6.87. The lowest BCUT2D eigenvalue weighted by molar-refractivity contribution is 0.0322. The molecule has 7 nitrogen and oxygen atoms in total. The average Bonchev–Trinajstić information content (AvgIpc) is 2.78. The summed E-state index contributed by atoms with van der Waals surface area (Å²) in [7, 11) is 1.78. The lowest BCUT2D eigenvalue weighted by Gasteiger charge is -2.26. The Bertz CT molecular complexity index is 748. The summed E-state index contributed by atoms with van der Waals surface area (Å²) in [6.45, 7) is 6.69. The van der Waals surface area contributed by atoms with Gasteiger partial charge in [0.2, 0.25) is 0 Å². The molecule has 0 spiro atoms. The molecule has 2 heterocycles. The molecule has 7 heteroatoms. The molecule has 3 rings (SSSR count). The van der Waals surface area contributed by atoms with E-state index in [1.54, 1.807) is 7.05 Å². The second-order valence-electron chi connectivity index (χ2n) is 6.87. The molecular formula is C22H31N5O2. The van der Waals surface area contributed by atoms with Crippen LogP contribution in [-0.4, -0.2) is 68.9 Å².